The summed E-state index contributed by atoms with van der Waals surface area (Å²) >= 11 is 3.99. The van der Waals surface area contributed by atoms with Gasteiger partial charge in [-0.05, 0) is 30.3 Å². The highest BCUT2D eigenvalue weighted by Crippen LogP contribution is 2.18. The molecule has 0 saturated heterocycles. The molecule has 0 radical (unpaired) electrons. The zero-order chi connectivity index (χ0) is 14.0. The van der Waals surface area contributed by atoms with Crippen LogP contribution in [0.1, 0.15) is 10.4 Å². The van der Waals surface area contributed by atoms with Crippen molar-refractivity contribution in [2.75, 3.05) is 5.32 Å². The molecule has 1 amide bonds. The van der Waals surface area contributed by atoms with Crippen LogP contribution in [0.2, 0.25) is 0 Å². The Hall–Kier alpha value is -1.95. The van der Waals surface area contributed by atoms with Crippen LogP contribution in [0.15, 0.2) is 41.3 Å². The van der Waals surface area contributed by atoms with Gasteiger partial charge >= 0.3 is 0 Å². The lowest BCUT2D eigenvalue weighted by molar-refractivity contribution is 0.102. The van der Waals surface area contributed by atoms with E-state index in [4.69, 9.17) is 0 Å². The third-order valence-electron chi connectivity index (χ3n) is 2.37. The van der Waals surface area contributed by atoms with Gasteiger partial charge in [-0.3, -0.25) is 4.79 Å². The van der Waals surface area contributed by atoms with E-state index in [1.54, 1.807) is 0 Å². The fraction of sp³-hybridized carbons (Fsp3) is 0. The molecular formula is C13H8F3NOS. The van der Waals surface area contributed by atoms with Crippen molar-refractivity contribution in [3.05, 3.63) is 59.4 Å². The number of thiol groups is 1. The molecule has 0 aliphatic heterocycles. The van der Waals surface area contributed by atoms with Crippen molar-refractivity contribution in [1.29, 1.82) is 0 Å². The lowest BCUT2D eigenvalue weighted by atomic mass is 10.2. The maximum Gasteiger partial charge on any atom is 0.258 e. The second-order valence-corrected chi connectivity index (χ2v) is 4.26. The fourth-order valence-corrected chi connectivity index (χ4v) is 1.67. The highest BCUT2D eigenvalue weighted by atomic mass is 32.1. The van der Waals surface area contributed by atoms with E-state index < -0.39 is 23.4 Å². The van der Waals surface area contributed by atoms with E-state index in [0.29, 0.717) is 11.0 Å². The van der Waals surface area contributed by atoms with Crippen LogP contribution >= 0.6 is 12.6 Å². The van der Waals surface area contributed by atoms with Gasteiger partial charge in [0.15, 0.2) is 0 Å². The predicted octanol–water partition coefficient (Wildman–Crippen LogP) is 3.64. The molecule has 0 aromatic heterocycles. The lowest BCUT2D eigenvalue weighted by Gasteiger charge is -2.07. The molecule has 0 heterocycles. The van der Waals surface area contributed by atoms with Gasteiger partial charge in [-0.15, -0.1) is 12.6 Å². The SMILES string of the molecule is O=C(Nc1ccc(F)cc1F)c1cc(S)ccc1F. The molecule has 2 aromatic rings. The molecule has 0 fully saturated rings. The summed E-state index contributed by atoms with van der Waals surface area (Å²) in [7, 11) is 0. The van der Waals surface area contributed by atoms with Gasteiger partial charge in [0.25, 0.3) is 5.91 Å². The molecular weight excluding hydrogens is 275 g/mol. The molecule has 0 spiro atoms. The van der Waals surface area contributed by atoms with Gasteiger partial charge in [0.2, 0.25) is 0 Å². The van der Waals surface area contributed by atoms with Crippen LogP contribution in [-0.2, 0) is 0 Å². The normalized spacial score (nSPS) is 10.3. The standard InChI is InChI=1S/C13H8F3NOS/c14-7-1-4-12(11(16)5-7)17-13(18)9-6-8(19)2-3-10(9)15/h1-6,19H,(H,17,18). The molecule has 0 aliphatic carbocycles. The fourth-order valence-electron chi connectivity index (χ4n) is 1.47. The Kier molecular flexibility index (Phi) is 3.80. The molecule has 0 aliphatic rings. The van der Waals surface area contributed by atoms with Crippen LogP contribution in [0.5, 0.6) is 0 Å². The van der Waals surface area contributed by atoms with Crippen LogP contribution in [-0.4, -0.2) is 5.91 Å². The Morgan fingerprint density at radius 1 is 1.00 bits per heavy atom. The van der Waals surface area contributed by atoms with Gasteiger partial charge in [0.1, 0.15) is 17.5 Å². The summed E-state index contributed by atoms with van der Waals surface area (Å²) in [4.78, 5) is 12.2. The molecule has 0 bridgehead atoms. The van der Waals surface area contributed by atoms with Gasteiger partial charge in [0, 0.05) is 11.0 Å². The number of anilines is 1. The molecule has 0 unspecified atom stereocenters. The Labute approximate surface area is 112 Å². The molecule has 2 nitrogen and oxygen atoms in total. The second-order valence-electron chi connectivity index (χ2n) is 3.74. The van der Waals surface area contributed by atoms with Gasteiger partial charge in [-0.2, -0.15) is 0 Å². The van der Waals surface area contributed by atoms with E-state index in [1.807, 2.05) is 0 Å². The quantitative estimate of drug-likeness (QED) is 0.809. The number of benzene rings is 2. The molecule has 98 valence electrons. The van der Waals surface area contributed by atoms with E-state index in [-0.39, 0.29) is 11.3 Å². The molecule has 0 atom stereocenters. The van der Waals surface area contributed by atoms with E-state index in [1.165, 1.54) is 12.1 Å². The Morgan fingerprint density at radius 3 is 2.42 bits per heavy atom. The van der Waals surface area contributed by atoms with Crippen LogP contribution < -0.4 is 5.32 Å². The topological polar surface area (TPSA) is 29.1 Å². The zero-order valence-corrected chi connectivity index (χ0v) is 10.3. The molecule has 1 N–H and O–H groups in total. The summed E-state index contributed by atoms with van der Waals surface area (Å²) in [5.41, 5.74) is -0.494. The van der Waals surface area contributed by atoms with Gasteiger partial charge in [-0.25, -0.2) is 13.2 Å². The van der Waals surface area contributed by atoms with Crippen molar-refractivity contribution >= 4 is 24.2 Å². The lowest BCUT2D eigenvalue weighted by Crippen LogP contribution is -2.14. The number of rotatable bonds is 2. The molecule has 2 rings (SSSR count). The van der Waals surface area contributed by atoms with Crippen LogP contribution in [0.4, 0.5) is 18.9 Å². The van der Waals surface area contributed by atoms with Gasteiger partial charge in [-0.1, -0.05) is 0 Å². The van der Waals surface area contributed by atoms with Crippen molar-refractivity contribution in [3.63, 3.8) is 0 Å². The van der Waals surface area contributed by atoms with Gasteiger partial charge in [0.05, 0.1) is 11.3 Å². The van der Waals surface area contributed by atoms with Crippen molar-refractivity contribution in [1.82, 2.24) is 0 Å². The van der Waals surface area contributed by atoms with E-state index in [0.717, 1.165) is 18.2 Å². The smallest absolute Gasteiger partial charge is 0.258 e. The first kappa shape index (κ1) is 13.5. The monoisotopic (exact) mass is 283 g/mol. The summed E-state index contributed by atoms with van der Waals surface area (Å²) in [5, 5.41) is 2.17. The number of hydrogen-bond acceptors (Lipinski definition) is 2. The Bertz CT molecular complexity index is 646. The average Bonchev–Trinajstić information content (AvgIpc) is 2.35. The summed E-state index contributed by atoms with van der Waals surface area (Å²) in [6, 6.07) is 6.36. The van der Waals surface area contributed by atoms with E-state index in [2.05, 4.69) is 17.9 Å². The van der Waals surface area contributed by atoms with Crippen molar-refractivity contribution in [2.24, 2.45) is 0 Å². The zero-order valence-electron chi connectivity index (χ0n) is 9.45. The number of halogens is 3. The average molecular weight is 283 g/mol. The van der Waals surface area contributed by atoms with Gasteiger partial charge < -0.3 is 5.32 Å². The second kappa shape index (κ2) is 5.36. The number of hydrogen-bond donors (Lipinski definition) is 2. The molecule has 0 saturated carbocycles. The van der Waals surface area contributed by atoms with Crippen molar-refractivity contribution in [3.8, 4) is 0 Å². The van der Waals surface area contributed by atoms with E-state index in [9.17, 15) is 18.0 Å². The minimum absolute atomic E-state index is 0.227. The number of amides is 1. The summed E-state index contributed by atoms with van der Waals surface area (Å²) in [5.74, 6) is -3.29. The molecule has 6 heteroatoms. The summed E-state index contributed by atoms with van der Waals surface area (Å²) < 4.78 is 39.5. The number of carbonyl (C=O) groups excluding carboxylic acids is 1. The van der Waals surface area contributed by atoms with Crippen molar-refractivity contribution in [2.45, 2.75) is 4.90 Å². The first-order chi connectivity index (χ1) is 8.97. The summed E-state index contributed by atoms with van der Waals surface area (Å²) in [6.07, 6.45) is 0. The number of carbonyl (C=O) groups is 1. The van der Waals surface area contributed by atoms with Crippen LogP contribution in [0.25, 0.3) is 0 Å². The Morgan fingerprint density at radius 2 is 1.74 bits per heavy atom. The predicted molar refractivity (Wildman–Crippen MR) is 68.0 cm³/mol. The Balaban J connectivity index is 2.28. The van der Waals surface area contributed by atoms with Crippen molar-refractivity contribution < 1.29 is 18.0 Å². The third-order valence-corrected chi connectivity index (χ3v) is 2.65. The minimum Gasteiger partial charge on any atom is -0.319 e. The maximum atomic E-state index is 13.4. The van der Waals surface area contributed by atoms with Crippen LogP contribution in [0.3, 0.4) is 0 Å². The third kappa shape index (κ3) is 3.08. The molecule has 19 heavy (non-hydrogen) atoms. The first-order valence-corrected chi connectivity index (χ1v) is 5.67. The highest BCUT2D eigenvalue weighted by Gasteiger charge is 2.14. The molecule has 2 aromatic carbocycles. The van der Waals surface area contributed by atoms with E-state index >= 15 is 0 Å². The maximum absolute atomic E-state index is 13.4. The largest absolute Gasteiger partial charge is 0.319 e. The number of nitrogens with one attached hydrogen (secondary N) is 1. The first-order valence-electron chi connectivity index (χ1n) is 5.22. The van der Waals surface area contributed by atoms with Crippen LogP contribution in [0, 0.1) is 17.5 Å². The highest BCUT2D eigenvalue weighted by molar-refractivity contribution is 7.80. The minimum atomic E-state index is -0.934. The summed E-state index contributed by atoms with van der Waals surface area (Å²) in [6.45, 7) is 0.